The number of nitrogens with zero attached hydrogens (tertiary/aromatic N) is 3. The summed E-state index contributed by atoms with van der Waals surface area (Å²) < 4.78 is 22.8. The highest BCUT2D eigenvalue weighted by molar-refractivity contribution is 7.47. The number of phosphoric acid groups is 1. The van der Waals surface area contributed by atoms with Crippen LogP contribution in [0.1, 0.15) is 122 Å². The Morgan fingerprint density at radius 1 is 0.667 bits per heavy atom. The first kappa shape index (κ1) is 38.3. The summed E-state index contributed by atoms with van der Waals surface area (Å²) in [6.45, 7) is 4.58. The third-order valence-corrected chi connectivity index (χ3v) is 8.05. The van der Waals surface area contributed by atoms with E-state index < -0.39 is 7.82 Å². The number of rotatable bonds is 27. The molecule has 0 saturated carbocycles. The first-order chi connectivity index (χ1) is 18.5. The minimum atomic E-state index is -4.02. The molecule has 8 nitrogen and oxygen atoms in total. The molecule has 0 rings (SSSR count). The maximum atomic E-state index is 12.6. The number of amides is 2. The van der Waals surface area contributed by atoms with Crippen LogP contribution in [0.25, 0.3) is 0 Å². The van der Waals surface area contributed by atoms with Gasteiger partial charge < -0.3 is 19.2 Å². The molecular formula is C30H65N3O5P+. The molecule has 0 aliphatic heterocycles. The van der Waals surface area contributed by atoms with Gasteiger partial charge in [-0.25, -0.2) is 9.36 Å². The lowest BCUT2D eigenvalue weighted by molar-refractivity contribution is -0.870. The van der Waals surface area contributed by atoms with Crippen LogP contribution in [0.5, 0.6) is 0 Å². The lowest BCUT2D eigenvalue weighted by Gasteiger charge is -2.26. The van der Waals surface area contributed by atoms with Crippen molar-refractivity contribution in [3.05, 3.63) is 0 Å². The van der Waals surface area contributed by atoms with Crippen molar-refractivity contribution in [3.8, 4) is 0 Å². The molecule has 1 atom stereocenters. The standard InChI is InChI=1S/C30H64N3O5P/c1-7-8-9-10-11-12-13-14-15-16-17-18-19-20-21-22-25-32(30(34)31(2)3)26-23-24-28-37-39(35,36)38-29-27-33(4,5)6/h7-29H2,1-6H3/p+1. The van der Waals surface area contributed by atoms with E-state index in [9.17, 15) is 14.3 Å². The van der Waals surface area contributed by atoms with Gasteiger partial charge in [-0.2, -0.15) is 0 Å². The first-order valence-corrected chi connectivity index (χ1v) is 17.4. The van der Waals surface area contributed by atoms with Gasteiger partial charge in [-0.1, -0.05) is 103 Å². The second-order valence-electron chi connectivity index (χ2n) is 12.3. The highest BCUT2D eigenvalue weighted by Gasteiger charge is 2.22. The monoisotopic (exact) mass is 578 g/mol. The smallest absolute Gasteiger partial charge is 0.331 e. The Morgan fingerprint density at radius 2 is 1.05 bits per heavy atom. The normalized spacial score (nSPS) is 13.4. The summed E-state index contributed by atoms with van der Waals surface area (Å²) >= 11 is 0. The predicted molar refractivity (Wildman–Crippen MR) is 164 cm³/mol. The van der Waals surface area contributed by atoms with Crippen LogP contribution < -0.4 is 0 Å². The molecule has 0 fully saturated rings. The fraction of sp³-hybridized carbons (Fsp3) is 0.967. The van der Waals surface area contributed by atoms with Crippen LogP contribution in [0.15, 0.2) is 0 Å². The van der Waals surface area contributed by atoms with E-state index in [1.807, 2.05) is 26.0 Å². The molecule has 0 aliphatic carbocycles. The maximum Gasteiger partial charge on any atom is 0.472 e. The van der Waals surface area contributed by atoms with E-state index in [2.05, 4.69) is 6.92 Å². The van der Waals surface area contributed by atoms with Crippen LogP contribution in [0, 0.1) is 0 Å². The molecule has 0 spiro atoms. The Kier molecular flexibility index (Phi) is 23.6. The Bertz CT molecular complexity index is 628. The molecule has 0 radical (unpaired) electrons. The molecule has 2 amide bonds. The third-order valence-electron chi connectivity index (χ3n) is 7.03. The number of phosphoric ester groups is 1. The summed E-state index contributed by atoms with van der Waals surface area (Å²) in [5, 5.41) is 0. The number of likely N-dealkylation sites (N-methyl/N-ethyl adjacent to an activating group) is 1. The largest absolute Gasteiger partial charge is 0.472 e. The number of hydrogen-bond donors (Lipinski definition) is 1. The minimum Gasteiger partial charge on any atom is -0.331 e. The van der Waals surface area contributed by atoms with E-state index in [0.717, 1.165) is 25.8 Å². The highest BCUT2D eigenvalue weighted by atomic mass is 31.2. The van der Waals surface area contributed by atoms with E-state index in [-0.39, 0.29) is 19.2 Å². The second-order valence-corrected chi connectivity index (χ2v) is 13.8. The molecular weight excluding hydrogens is 513 g/mol. The Morgan fingerprint density at radius 3 is 1.46 bits per heavy atom. The van der Waals surface area contributed by atoms with Gasteiger partial charge in [0.15, 0.2) is 0 Å². The van der Waals surface area contributed by atoms with E-state index in [0.29, 0.717) is 24.0 Å². The lowest BCUT2D eigenvalue weighted by Crippen LogP contribution is -2.40. The van der Waals surface area contributed by atoms with E-state index in [1.165, 1.54) is 89.9 Å². The van der Waals surface area contributed by atoms with E-state index >= 15 is 0 Å². The zero-order valence-electron chi connectivity index (χ0n) is 26.6. The van der Waals surface area contributed by atoms with Crippen LogP contribution >= 0.6 is 7.82 Å². The number of unbranched alkanes of at least 4 members (excludes halogenated alkanes) is 16. The van der Waals surface area contributed by atoms with Crippen molar-refractivity contribution >= 4 is 13.9 Å². The van der Waals surface area contributed by atoms with Gasteiger partial charge in [0, 0.05) is 27.2 Å². The van der Waals surface area contributed by atoms with Gasteiger partial charge in [0.2, 0.25) is 0 Å². The van der Waals surface area contributed by atoms with E-state index in [1.54, 1.807) is 19.0 Å². The molecule has 1 N–H and O–H groups in total. The summed E-state index contributed by atoms with van der Waals surface area (Å²) in [5.74, 6) is 0. The first-order valence-electron chi connectivity index (χ1n) is 15.9. The second kappa shape index (κ2) is 24.0. The van der Waals surface area contributed by atoms with Crippen molar-refractivity contribution in [1.29, 1.82) is 0 Å². The average molecular weight is 579 g/mol. The van der Waals surface area contributed by atoms with Gasteiger partial charge in [0.25, 0.3) is 0 Å². The molecule has 1 unspecified atom stereocenters. The Balaban J connectivity index is 3.86. The van der Waals surface area contributed by atoms with Crippen molar-refractivity contribution < 1.29 is 27.8 Å². The van der Waals surface area contributed by atoms with Crippen molar-refractivity contribution in [1.82, 2.24) is 9.80 Å². The van der Waals surface area contributed by atoms with Crippen LogP contribution in [0.4, 0.5) is 4.79 Å². The molecule has 0 aliphatic rings. The van der Waals surface area contributed by atoms with Crippen LogP contribution in [-0.2, 0) is 13.6 Å². The SMILES string of the molecule is CCCCCCCCCCCCCCCCCCN(CCCCOP(=O)(O)OCC[N+](C)(C)C)C(=O)N(C)C. The number of carbonyl (C=O) groups is 1. The molecule has 39 heavy (non-hydrogen) atoms. The van der Waals surface area contributed by atoms with Crippen molar-refractivity contribution in [3.63, 3.8) is 0 Å². The van der Waals surface area contributed by atoms with Gasteiger partial charge in [-0.3, -0.25) is 9.05 Å². The third kappa shape index (κ3) is 26.0. The van der Waals surface area contributed by atoms with Gasteiger partial charge >= 0.3 is 13.9 Å². The molecule has 0 heterocycles. The van der Waals surface area contributed by atoms with Gasteiger partial charge in [0.05, 0.1) is 27.7 Å². The lowest BCUT2D eigenvalue weighted by atomic mass is 10.0. The van der Waals surface area contributed by atoms with Crippen molar-refractivity contribution in [2.45, 2.75) is 122 Å². The molecule has 0 saturated heterocycles. The zero-order valence-corrected chi connectivity index (χ0v) is 27.5. The topological polar surface area (TPSA) is 79.3 Å². The fourth-order valence-electron chi connectivity index (χ4n) is 4.49. The van der Waals surface area contributed by atoms with Crippen molar-refractivity contribution in [2.24, 2.45) is 0 Å². The van der Waals surface area contributed by atoms with Gasteiger partial charge in [-0.15, -0.1) is 0 Å². The van der Waals surface area contributed by atoms with Crippen molar-refractivity contribution in [2.75, 3.05) is 68.1 Å². The maximum absolute atomic E-state index is 12.6. The number of urea groups is 1. The summed E-state index contributed by atoms with van der Waals surface area (Å²) in [5.41, 5.74) is 0. The molecule has 9 heteroatoms. The average Bonchev–Trinajstić information content (AvgIpc) is 2.85. The summed E-state index contributed by atoms with van der Waals surface area (Å²) in [7, 11) is 5.52. The Hall–Kier alpha value is -0.660. The highest BCUT2D eigenvalue weighted by Crippen LogP contribution is 2.43. The minimum absolute atomic E-state index is 0.0216. The summed E-state index contributed by atoms with van der Waals surface area (Å²) in [6.07, 6.45) is 22.7. The van der Waals surface area contributed by atoms with Gasteiger partial charge in [-0.05, 0) is 19.3 Å². The Labute approximate surface area is 242 Å². The van der Waals surface area contributed by atoms with E-state index in [4.69, 9.17) is 9.05 Å². The number of carbonyl (C=O) groups excluding carboxylic acids is 1. The quantitative estimate of drug-likeness (QED) is 0.0610. The molecule has 234 valence electrons. The predicted octanol–water partition coefficient (Wildman–Crippen LogP) is 7.85. The fourth-order valence-corrected chi connectivity index (χ4v) is 5.24. The van der Waals surface area contributed by atoms with Crippen LogP contribution in [0.2, 0.25) is 0 Å². The molecule has 0 aromatic heterocycles. The zero-order chi connectivity index (χ0) is 29.4. The molecule has 0 aromatic rings. The number of quaternary nitrogens is 1. The van der Waals surface area contributed by atoms with Gasteiger partial charge in [0.1, 0.15) is 13.2 Å². The molecule has 0 bridgehead atoms. The summed E-state index contributed by atoms with van der Waals surface area (Å²) in [6, 6.07) is 0.0216. The van der Waals surface area contributed by atoms with Crippen LogP contribution in [0.3, 0.4) is 0 Å². The number of hydrogen-bond acceptors (Lipinski definition) is 4. The van der Waals surface area contributed by atoms with Crippen LogP contribution in [-0.4, -0.2) is 93.3 Å². The summed E-state index contributed by atoms with van der Waals surface area (Å²) in [4.78, 5) is 25.9. The molecule has 0 aromatic carbocycles.